The van der Waals surface area contributed by atoms with Gasteiger partial charge in [0.25, 0.3) is 5.91 Å². The average molecular weight is 476 g/mol. The molecule has 1 aromatic carbocycles. The van der Waals surface area contributed by atoms with Crippen LogP contribution in [0.4, 0.5) is 5.13 Å². The number of nitrogens with one attached hydrogen (secondary N) is 1. The molecule has 0 spiro atoms. The number of benzene rings is 1. The molecule has 1 saturated heterocycles. The van der Waals surface area contributed by atoms with E-state index in [2.05, 4.69) is 15.0 Å². The van der Waals surface area contributed by atoms with Crippen molar-refractivity contribution >= 4 is 68.6 Å². The summed E-state index contributed by atoms with van der Waals surface area (Å²) in [6.45, 7) is 0.525. The molecule has 0 unspecified atom stereocenters. The zero-order valence-corrected chi connectivity index (χ0v) is 19.3. The molecule has 1 aliphatic heterocycles. The number of carbonyl (C=O) groups is 3. The van der Waals surface area contributed by atoms with Crippen molar-refractivity contribution in [1.82, 2.24) is 9.88 Å². The SMILES string of the molecule is COC(=O)c1ccc(/C=C2/SC(=S)N(CCCCCC(=O)Nc3nccs3)C2=O)cc1. The van der Waals surface area contributed by atoms with Crippen LogP contribution in [0.3, 0.4) is 0 Å². The Labute approximate surface area is 193 Å². The van der Waals surface area contributed by atoms with E-state index in [1.807, 2.05) is 5.38 Å². The molecule has 2 amide bonds. The number of methoxy groups -OCH3 is 1. The van der Waals surface area contributed by atoms with E-state index in [4.69, 9.17) is 12.2 Å². The van der Waals surface area contributed by atoms with E-state index >= 15 is 0 Å². The van der Waals surface area contributed by atoms with Crippen LogP contribution in [-0.2, 0) is 14.3 Å². The summed E-state index contributed by atoms with van der Waals surface area (Å²) in [4.78, 5) is 42.3. The average Bonchev–Trinajstić information content (AvgIpc) is 3.36. The zero-order chi connectivity index (χ0) is 22.2. The first kappa shape index (κ1) is 23.1. The Kier molecular flexibility index (Phi) is 8.33. The summed E-state index contributed by atoms with van der Waals surface area (Å²) >= 11 is 8.02. The lowest BCUT2D eigenvalue weighted by Crippen LogP contribution is -2.29. The Morgan fingerprint density at radius 2 is 2.00 bits per heavy atom. The highest BCUT2D eigenvalue weighted by atomic mass is 32.2. The first-order valence-corrected chi connectivity index (χ1v) is 11.7. The Morgan fingerprint density at radius 3 is 2.68 bits per heavy atom. The number of anilines is 1. The normalized spacial score (nSPS) is 14.9. The number of amides is 2. The fourth-order valence-electron chi connectivity index (χ4n) is 2.88. The molecule has 10 heteroatoms. The highest BCUT2D eigenvalue weighted by Gasteiger charge is 2.31. The third-order valence-corrected chi connectivity index (χ3v) is 6.53. The summed E-state index contributed by atoms with van der Waals surface area (Å²) in [5.74, 6) is -0.575. The van der Waals surface area contributed by atoms with Gasteiger partial charge in [-0.25, -0.2) is 9.78 Å². The van der Waals surface area contributed by atoms with E-state index < -0.39 is 5.97 Å². The lowest BCUT2D eigenvalue weighted by atomic mass is 10.1. The fourth-order valence-corrected chi connectivity index (χ4v) is 4.73. The second kappa shape index (κ2) is 11.2. The lowest BCUT2D eigenvalue weighted by Gasteiger charge is -2.14. The number of rotatable bonds is 9. The van der Waals surface area contributed by atoms with Gasteiger partial charge in [0.1, 0.15) is 4.32 Å². The molecule has 0 bridgehead atoms. The molecule has 0 aliphatic carbocycles. The molecule has 2 aromatic rings. The topological polar surface area (TPSA) is 88.6 Å². The van der Waals surface area contributed by atoms with Crippen LogP contribution in [0.25, 0.3) is 6.08 Å². The van der Waals surface area contributed by atoms with Crippen LogP contribution in [0.15, 0.2) is 40.7 Å². The van der Waals surface area contributed by atoms with E-state index in [0.29, 0.717) is 32.9 Å². The van der Waals surface area contributed by atoms with Crippen LogP contribution in [0.5, 0.6) is 0 Å². The highest BCUT2D eigenvalue weighted by Crippen LogP contribution is 2.32. The van der Waals surface area contributed by atoms with Crippen molar-refractivity contribution in [2.24, 2.45) is 0 Å². The number of hydrogen-bond acceptors (Lipinski definition) is 8. The third-order valence-electron chi connectivity index (χ3n) is 4.47. The van der Waals surface area contributed by atoms with Crippen molar-refractivity contribution in [1.29, 1.82) is 0 Å². The van der Waals surface area contributed by atoms with Crippen LogP contribution >= 0.6 is 35.3 Å². The molecule has 0 atom stereocenters. The zero-order valence-electron chi connectivity index (χ0n) is 16.8. The number of thiazole rings is 1. The van der Waals surface area contributed by atoms with Gasteiger partial charge in [0.05, 0.1) is 17.6 Å². The van der Waals surface area contributed by atoms with Crippen molar-refractivity contribution in [2.75, 3.05) is 19.0 Å². The fraction of sp³-hybridized carbons (Fsp3) is 0.286. The number of ether oxygens (including phenoxy) is 1. The Hall–Kier alpha value is -2.56. The summed E-state index contributed by atoms with van der Waals surface area (Å²) in [5.41, 5.74) is 1.26. The molecule has 3 rings (SSSR count). The largest absolute Gasteiger partial charge is 0.465 e. The quantitative estimate of drug-likeness (QED) is 0.250. The summed E-state index contributed by atoms with van der Waals surface area (Å²) in [7, 11) is 1.33. The first-order chi connectivity index (χ1) is 15.0. The van der Waals surface area contributed by atoms with Gasteiger partial charge in [-0.05, 0) is 36.6 Å². The number of carbonyl (C=O) groups excluding carboxylic acids is 3. The molecule has 31 heavy (non-hydrogen) atoms. The molecule has 1 N–H and O–H groups in total. The van der Waals surface area contributed by atoms with Crippen molar-refractivity contribution in [3.63, 3.8) is 0 Å². The van der Waals surface area contributed by atoms with Crippen molar-refractivity contribution in [3.05, 3.63) is 51.9 Å². The molecule has 7 nitrogen and oxygen atoms in total. The van der Waals surface area contributed by atoms with Gasteiger partial charge in [-0.2, -0.15) is 0 Å². The highest BCUT2D eigenvalue weighted by molar-refractivity contribution is 8.26. The van der Waals surface area contributed by atoms with Crippen LogP contribution in [0, 0.1) is 0 Å². The summed E-state index contributed by atoms with van der Waals surface area (Å²) in [5, 5.41) is 5.17. The van der Waals surface area contributed by atoms with Crippen LogP contribution in [0.2, 0.25) is 0 Å². The van der Waals surface area contributed by atoms with Gasteiger partial charge in [0, 0.05) is 24.5 Å². The van der Waals surface area contributed by atoms with Gasteiger partial charge in [0.15, 0.2) is 5.13 Å². The Bertz CT molecular complexity index is 988. The molecule has 0 saturated carbocycles. The Morgan fingerprint density at radius 1 is 1.23 bits per heavy atom. The number of unbranched alkanes of at least 4 members (excludes halogenated alkanes) is 2. The van der Waals surface area contributed by atoms with Gasteiger partial charge in [0.2, 0.25) is 5.91 Å². The molecule has 0 radical (unpaired) electrons. The van der Waals surface area contributed by atoms with E-state index in [9.17, 15) is 14.4 Å². The maximum absolute atomic E-state index is 12.7. The maximum atomic E-state index is 12.7. The molecular weight excluding hydrogens is 454 g/mol. The van der Waals surface area contributed by atoms with Gasteiger partial charge in [-0.3, -0.25) is 14.5 Å². The first-order valence-electron chi connectivity index (χ1n) is 9.61. The predicted molar refractivity (Wildman–Crippen MR) is 127 cm³/mol. The van der Waals surface area contributed by atoms with E-state index in [1.54, 1.807) is 41.4 Å². The van der Waals surface area contributed by atoms with Gasteiger partial charge >= 0.3 is 5.97 Å². The summed E-state index contributed by atoms with van der Waals surface area (Å²) in [6, 6.07) is 6.83. The number of nitrogens with zero attached hydrogens (tertiary/aromatic N) is 2. The molecule has 1 fully saturated rings. The number of thioether (sulfide) groups is 1. The standard InChI is InChI=1S/C21H21N3O4S3/c1-28-19(27)15-8-6-14(7-9-15)13-16-18(26)24(21(29)31-16)11-4-2-3-5-17(25)23-20-22-10-12-30-20/h6-10,12-13H,2-5,11H2,1H3,(H,22,23,25)/b16-13+. The second-order valence-electron chi connectivity index (χ2n) is 6.64. The van der Waals surface area contributed by atoms with Gasteiger partial charge < -0.3 is 10.1 Å². The maximum Gasteiger partial charge on any atom is 0.337 e. The number of esters is 1. The van der Waals surface area contributed by atoms with Gasteiger partial charge in [-0.1, -0.05) is 42.5 Å². The van der Waals surface area contributed by atoms with E-state index in [-0.39, 0.29) is 11.8 Å². The molecular formula is C21H21N3O4S3. The molecule has 1 aromatic heterocycles. The number of thiocarbonyl (C=S) groups is 1. The van der Waals surface area contributed by atoms with Gasteiger partial charge in [-0.15, -0.1) is 11.3 Å². The minimum Gasteiger partial charge on any atom is -0.465 e. The third kappa shape index (κ3) is 6.46. The van der Waals surface area contributed by atoms with Crippen LogP contribution < -0.4 is 5.32 Å². The minimum absolute atomic E-state index is 0.0540. The lowest BCUT2D eigenvalue weighted by molar-refractivity contribution is -0.122. The van der Waals surface area contributed by atoms with E-state index in [0.717, 1.165) is 24.8 Å². The second-order valence-corrected chi connectivity index (χ2v) is 9.21. The van der Waals surface area contributed by atoms with Crippen molar-refractivity contribution in [2.45, 2.75) is 25.7 Å². The predicted octanol–water partition coefficient (Wildman–Crippen LogP) is 4.33. The monoisotopic (exact) mass is 475 g/mol. The summed E-state index contributed by atoms with van der Waals surface area (Å²) < 4.78 is 5.22. The summed E-state index contributed by atoms with van der Waals surface area (Å²) in [6.07, 6.45) is 6.14. The number of hydrogen-bond donors (Lipinski definition) is 1. The number of aromatic nitrogens is 1. The van der Waals surface area contributed by atoms with Crippen LogP contribution in [-0.4, -0.2) is 45.6 Å². The minimum atomic E-state index is -0.404. The van der Waals surface area contributed by atoms with E-state index in [1.165, 1.54) is 30.2 Å². The van der Waals surface area contributed by atoms with Crippen molar-refractivity contribution in [3.8, 4) is 0 Å². The Balaban J connectivity index is 1.45. The van der Waals surface area contributed by atoms with Crippen molar-refractivity contribution < 1.29 is 19.1 Å². The smallest absolute Gasteiger partial charge is 0.337 e. The molecule has 2 heterocycles. The van der Waals surface area contributed by atoms with Crippen LogP contribution in [0.1, 0.15) is 41.6 Å². The molecule has 1 aliphatic rings. The molecule has 162 valence electrons.